The first-order valence-corrected chi connectivity index (χ1v) is 10.2. The number of carboxylic acids is 1. The van der Waals surface area contributed by atoms with Gasteiger partial charge in [0.05, 0.1) is 26.2 Å². The summed E-state index contributed by atoms with van der Waals surface area (Å²) in [6, 6.07) is 12.3. The van der Waals surface area contributed by atoms with E-state index in [2.05, 4.69) is 39.9 Å². The first kappa shape index (κ1) is 20.7. The smallest absolute Gasteiger partial charge is 0.306 e. The third-order valence-electron chi connectivity index (χ3n) is 5.52. The molecule has 0 amide bonds. The monoisotopic (exact) mass is 447 g/mol. The Morgan fingerprint density at radius 3 is 2.29 bits per heavy atom. The van der Waals surface area contributed by atoms with Crippen molar-refractivity contribution < 1.29 is 19.4 Å². The zero-order chi connectivity index (χ0) is 20.3. The van der Waals surface area contributed by atoms with E-state index in [1.165, 1.54) is 11.1 Å². The summed E-state index contributed by atoms with van der Waals surface area (Å²) in [5.41, 5.74) is 3.50. The van der Waals surface area contributed by atoms with Crippen LogP contribution in [0.1, 0.15) is 35.6 Å². The van der Waals surface area contributed by atoms with Crippen molar-refractivity contribution >= 4 is 21.9 Å². The van der Waals surface area contributed by atoms with Gasteiger partial charge in [0.25, 0.3) is 0 Å². The molecule has 2 aromatic carbocycles. The molecular formula is C22H26BrNO4. The largest absolute Gasteiger partial charge is 0.493 e. The Morgan fingerprint density at radius 2 is 1.71 bits per heavy atom. The molecule has 1 aliphatic heterocycles. The van der Waals surface area contributed by atoms with E-state index >= 15 is 0 Å². The number of hydrogen-bond donors (Lipinski definition) is 1. The highest BCUT2D eigenvalue weighted by atomic mass is 79.9. The Labute approximate surface area is 174 Å². The van der Waals surface area contributed by atoms with E-state index in [0.717, 1.165) is 23.1 Å². The molecule has 2 aromatic rings. The summed E-state index contributed by atoms with van der Waals surface area (Å²) in [5.74, 6) is 0.396. The summed E-state index contributed by atoms with van der Waals surface area (Å²) in [7, 11) is 3.26. The molecule has 1 fully saturated rings. The van der Waals surface area contributed by atoms with E-state index in [9.17, 15) is 9.90 Å². The number of carbonyl (C=O) groups is 1. The summed E-state index contributed by atoms with van der Waals surface area (Å²) in [5, 5.41) is 9.35. The SMILES string of the molecule is COc1cc(Br)c(C(c2ccccc2C)N2CCC(C(=O)O)CC2)cc1OC. The summed E-state index contributed by atoms with van der Waals surface area (Å²) >= 11 is 3.72. The van der Waals surface area contributed by atoms with Gasteiger partial charge < -0.3 is 14.6 Å². The van der Waals surface area contributed by atoms with Crippen LogP contribution in [0, 0.1) is 12.8 Å². The van der Waals surface area contributed by atoms with Crippen LogP contribution in [0.15, 0.2) is 40.9 Å². The van der Waals surface area contributed by atoms with Gasteiger partial charge in [-0.1, -0.05) is 40.2 Å². The van der Waals surface area contributed by atoms with Gasteiger partial charge in [0.1, 0.15) is 0 Å². The minimum Gasteiger partial charge on any atom is -0.493 e. The Balaban J connectivity index is 2.06. The van der Waals surface area contributed by atoms with E-state index in [4.69, 9.17) is 9.47 Å². The number of aryl methyl sites for hydroxylation is 1. The number of piperidine rings is 1. The first-order chi connectivity index (χ1) is 13.5. The van der Waals surface area contributed by atoms with Gasteiger partial charge in [-0.25, -0.2) is 0 Å². The second-order valence-corrected chi connectivity index (χ2v) is 7.99. The van der Waals surface area contributed by atoms with Crippen LogP contribution in [0.3, 0.4) is 0 Å². The molecule has 1 unspecified atom stereocenters. The second-order valence-electron chi connectivity index (χ2n) is 7.14. The second kappa shape index (κ2) is 8.97. The fourth-order valence-electron chi connectivity index (χ4n) is 3.94. The van der Waals surface area contributed by atoms with Gasteiger partial charge in [-0.2, -0.15) is 0 Å². The summed E-state index contributed by atoms with van der Waals surface area (Å²) in [6.07, 6.45) is 1.31. The van der Waals surface area contributed by atoms with Crippen LogP contribution < -0.4 is 9.47 Å². The molecule has 0 bridgehead atoms. The molecular weight excluding hydrogens is 422 g/mol. The lowest BCUT2D eigenvalue weighted by molar-refractivity contribution is -0.143. The maximum atomic E-state index is 11.4. The molecule has 3 rings (SSSR count). The maximum absolute atomic E-state index is 11.4. The highest BCUT2D eigenvalue weighted by molar-refractivity contribution is 9.10. The molecule has 1 atom stereocenters. The van der Waals surface area contributed by atoms with Crippen molar-refractivity contribution in [2.75, 3.05) is 27.3 Å². The minimum atomic E-state index is -0.695. The van der Waals surface area contributed by atoms with E-state index in [1.54, 1.807) is 14.2 Å². The molecule has 0 aliphatic carbocycles. The van der Waals surface area contributed by atoms with Crippen molar-refractivity contribution in [3.05, 3.63) is 57.6 Å². The molecule has 0 aromatic heterocycles. The molecule has 0 saturated carbocycles. The number of rotatable bonds is 6. The fraction of sp³-hybridized carbons (Fsp3) is 0.409. The molecule has 28 heavy (non-hydrogen) atoms. The number of ether oxygens (including phenoxy) is 2. The van der Waals surface area contributed by atoms with Gasteiger partial charge in [-0.3, -0.25) is 9.69 Å². The minimum absolute atomic E-state index is 0.00475. The van der Waals surface area contributed by atoms with Crippen molar-refractivity contribution in [2.45, 2.75) is 25.8 Å². The fourth-order valence-corrected chi connectivity index (χ4v) is 4.48. The van der Waals surface area contributed by atoms with E-state index in [0.29, 0.717) is 24.3 Å². The number of halogens is 1. The molecule has 150 valence electrons. The van der Waals surface area contributed by atoms with Crippen molar-refractivity contribution in [3.8, 4) is 11.5 Å². The number of nitrogens with zero attached hydrogens (tertiary/aromatic N) is 1. The number of aliphatic carboxylic acids is 1. The third-order valence-corrected chi connectivity index (χ3v) is 6.21. The predicted octanol–water partition coefficient (Wildman–Crippen LogP) is 4.66. The average molecular weight is 448 g/mol. The van der Waals surface area contributed by atoms with Crippen LogP contribution >= 0.6 is 15.9 Å². The van der Waals surface area contributed by atoms with Gasteiger partial charge in [-0.05, 0) is 61.7 Å². The summed E-state index contributed by atoms with van der Waals surface area (Å²) < 4.78 is 11.9. The van der Waals surface area contributed by atoms with Crippen molar-refractivity contribution in [1.29, 1.82) is 0 Å². The molecule has 1 N–H and O–H groups in total. The van der Waals surface area contributed by atoms with Crippen molar-refractivity contribution in [2.24, 2.45) is 5.92 Å². The molecule has 5 nitrogen and oxygen atoms in total. The molecule has 1 heterocycles. The maximum Gasteiger partial charge on any atom is 0.306 e. The van der Waals surface area contributed by atoms with Gasteiger partial charge >= 0.3 is 5.97 Å². The Bertz CT molecular complexity index is 846. The highest BCUT2D eigenvalue weighted by Gasteiger charge is 2.32. The Kier molecular flexibility index (Phi) is 6.62. The van der Waals surface area contributed by atoms with Crippen LogP contribution in [0.2, 0.25) is 0 Å². The average Bonchev–Trinajstić information content (AvgIpc) is 2.70. The van der Waals surface area contributed by atoms with Gasteiger partial charge in [-0.15, -0.1) is 0 Å². The highest BCUT2D eigenvalue weighted by Crippen LogP contribution is 2.42. The van der Waals surface area contributed by atoms with Crippen LogP contribution in [-0.4, -0.2) is 43.3 Å². The van der Waals surface area contributed by atoms with Crippen molar-refractivity contribution in [3.63, 3.8) is 0 Å². The van der Waals surface area contributed by atoms with E-state index in [1.807, 2.05) is 24.3 Å². The Morgan fingerprint density at radius 1 is 1.11 bits per heavy atom. The number of methoxy groups -OCH3 is 2. The van der Waals surface area contributed by atoms with E-state index < -0.39 is 5.97 Å². The topological polar surface area (TPSA) is 59.0 Å². The third kappa shape index (κ3) is 4.18. The first-order valence-electron chi connectivity index (χ1n) is 9.40. The normalized spacial score (nSPS) is 16.6. The van der Waals surface area contributed by atoms with Gasteiger partial charge in [0, 0.05) is 4.47 Å². The zero-order valence-corrected chi connectivity index (χ0v) is 18.0. The van der Waals surface area contributed by atoms with Crippen LogP contribution in [-0.2, 0) is 4.79 Å². The number of likely N-dealkylation sites (tertiary alicyclic amines) is 1. The lowest BCUT2D eigenvalue weighted by atomic mass is 9.89. The molecule has 1 saturated heterocycles. The molecule has 0 radical (unpaired) electrons. The summed E-state index contributed by atoms with van der Waals surface area (Å²) in [6.45, 7) is 3.58. The van der Waals surface area contributed by atoms with E-state index in [-0.39, 0.29) is 12.0 Å². The van der Waals surface area contributed by atoms with Gasteiger partial charge in [0.2, 0.25) is 0 Å². The van der Waals surface area contributed by atoms with Crippen molar-refractivity contribution in [1.82, 2.24) is 4.90 Å². The molecule has 1 aliphatic rings. The van der Waals surface area contributed by atoms with Crippen LogP contribution in [0.5, 0.6) is 11.5 Å². The number of hydrogen-bond acceptors (Lipinski definition) is 4. The van der Waals surface area contributed by atoms with Crippen LogP contribution in [0.25, 0.3) is 0 Å². The number of carboxylic acid groups (broad SMARTS) is 1. The summed E-state index contributed by atoms with van der Waals surface area (Å²) in [4.78, 5) is 13.7. The lowest BCUT2D eigenvalue weighted by Gasteiger charge is -2.38. The molecule has 0 spiro atoms. The Hall–Kier alpha value is -2.05. The van der Waals surface area contributed by atoms with Gasteiger partial charge in [0.15, 0.2) is 11.5 Å². The predicted molar refractivity (Wildman–Crippen MR) is 112 cm³/mol. The quantitative estimate of drug-likeness (QED) is 0.697. The van der Waals surface area contributed by atoms with Crippen LogP contribution in [0.4, 0.5) is 0 Å². The molecule has 6 heteroatoms. The lowest BCUT2D eigenvalue weighted by Crippen LogP contribution is -2.39. The standard InChI is InChI=1S/C22H26BrNO4/c1-14-6-4-5-7-16(14)21(24-10-8-15(9-11-24)22(25)26)17-12-19(27-2)20(28-3)13-18(17)23/h4-7,12-13,15,21H,8-11H2,1-3H3,(H,25,26). The number of benzene rings is 2. The zero-order valence-electron chi connectivity index (χ0n) is 16.4.